The van der Waals surface area contributed by atoms with Gasteiger partial charge in [0.15, 0.2) is 0 Å². The van der Waals surface area contributed by atoms with Gasteiger partial charge in [-0.05, 0) is 37.0 Å². The van der Waals surface area contributed by atoms with Gasteiger partial charge in [0.1, 0.15) is 21.8 Å². The SMILES string of the molecule is CCCCCN1C(=O)/C(=C\c2c(C)c(C#N)c(=O)n(C)c2NCCc2ccccc2)SC1=S. The molecular weight excluding hydrogens is 452 g/mol. The van der Waals surface area contributed by atoms with Crippen molar-refractivity contribution in [3.05, 3.63) is 67.8 Å². The van der Waals surface area contributed by atoms with Crippen LogP contribution in [-0.4, -0.2) is 32.8 Å². The lowest BCUT2D eigenvalue weighted by atomic mass is 10.0. The zero-order valence-corrected chi connectivity index (χ0v) is 20.8. The third kappa shape index (κ3) is 5.55. The van der Waals surface area contributed by atoms with Crippen LogP contribution in [0, 0.1) is 18.3 Å². The van der Waals surface area contributed by atoms with E-state index in [0.717, 1.165) is 25.7 Å². The van der Waals surface area contributed by atoms with Crippen LogP contribution in [0.3, 0.4) is 0 Å². The smallest absolute Gasteiger partial charge is 0.270 e. The number of carbonyl (C=O) groups is 1. The van der Waals surface area contributed by atoms with Crippen molar-refractivity contribution >= 4 is 46.1 Å². The minimum absolute atomic E-state index is 0.0794. The first kappa shape index (κ1) is 24.7. The first-order valence-electron chi connectivity index (χ1n) is 11.1. The maximum absolute atomic E-state index is 13.0. The highest BCUT2D eigenvalue weighted by molar-refractivity contribution is 8.26. The fraction of sp³-hybridized carbons (Fsp3) is 0.360. The molecule has 6 nitrogen and oxygen atoms in total. The Morgan fingerprint density at radius 3 is 2.61 bits per heavy atom. The van der Waals surface area contributed by atoms with Crippen LogP contribution in [0.5, 0.6) is 0 Å². The second kappa shape index (κ2) is 11.3. The van der Waals surface area contributed by atoms with Gasteiger partial charge in [0.2, 0.25) is 0 Å². The number of thioether (sulfide) groups is 1. The van der Waals surface area contributed by atoms with E-state index in [2.05, 4.69) is 24.4 Å². The minimum Gasteiger partial charge on any atom is -0.371 e. The van der Waals surface area contributed by atoms with E-state index in [9.17, 15) is 14.9 Å². The van der Waals surface area contributed by atoms with Crippen molar-refractivity contribution in [2.24, 2.45) is 7.05 Å². The Hall–Kier alpha value is -2.89. The maximum Gasteiger partial charge on any atom is 0.270 e. The lowest BCUT2D eigenvalue weighted by Crippen LogP contribution is -2.29. The van der Waals surface area contributed by atoms with Crippen molar-refractivity contribution < 1.29 is 4.79 Å². The summed E-state index contributed by atoms with van der Waals surface area (Å²) in [5, 5.41) is 12.9. The molecule has 1 N–H and O–H groups in total. The van der Waals surface area contributed by atoms with Crippen LogP contribution in [-0.2, 0) is 18.3 Å². The first-order valence-corrected chi connectivity index (χ1v) is 12.3. The molecule has 1 fully saturated rings. The number of carbonyl (C=O) groups excluding carboxylic acids is 1. The summed E-state index contributed by atoms with van der Waals surface area (Å²) in [6.07, 6.45) is 5.54. The normalized spacial score (nSPS) is 14.7. The molecule has 1 aromatic carbocycles. The van der Waals surface area contributed by atoms with Gasteiger partial charge in [0.25, 0.3) is 11.5 Å². The van der Waals surface area contributed by atoms with Crippen molar-refractivity contribution in [2.75, 3.05) is 18.4 Å². The monoisotopic (exact) mass is 480 g/mol. The second-order valence-corrected chi connectivity index (χ2v) is 9.62. The van der Waals surface area contributed by atoms with E-state index in [1.807, 2.05) is 24.3 Å². The van der Waals surface area contributed by atoms with Gasteiger partial charge < -0.3 is 5.32 Å². The summed E-state index contributed by atoms with van der Waals surface area (Å²) < 4.78 is 1.99. The molecule has 1 saturated heterocycles. The number of anilines is 1. The summed E-state index contributed by atoms with van der Waals surface area (Å²) in [6, 6.07) is 12.1. The number of rotatable bonds is 9. The highest BCUT2D eigenvalue weighted by Gasteiger charge is 2.32. The number of hydrogen-bond acceptors (Lipinski definition) is 6. The van der Waals surface area contributed by atoms with E-state index < -0.39 is 0 Å². The Morgan fingerprint density at radius 1 is 1.21 bits per heavy atom. The molecule has 1 aliphatic heterocycles. The molecule has 33 heavy (non-hydrogen) atoms. The standard InChI is InChI=1S/C25H28N4O2S2/c1-4-5-9-14-29-24(31)21(33-25(29)32)15-19-17(2)20(16-26)23(30)28(3)22(19)27-13-12-18-10-7-6-8-11-18/h6-8,10-11,15,27H,4-5,9,12-14H2,1-3H3/b21-15+. The number of aromatic nitrogens is 1. The van der Waals surface area contributed by atoms with Gasteiger partial charge in [-0.3, -0.25) is 19.1 Å². The van der Waals surface area contributed by atoms with Crippen LogP contribution in [0.15, 0.2) is 40.0 Å². The van der Waals surface area contributed by atoms with E-state index in [1.165, 1.54) is 21.9 Å². The molecule has 0 bridgehead atoms. The summed E-state index contributed by atoms with van der Waals surface area (Å²) >= 11 is 6.72. The van der Waals surface area contributed by atoms with Crippen molar-refractivity contribution in [2.45, 2.75) is 39.5 Å². The number of pyridine rings is 1. The van der Waals surface area contributed by atoms with Crippen LogP contribution in [0.2, 0.25) is 0 Å². The van der Waals surface area contributed by atoms with Crippen LogP contribution in [0.1, 0.15) is 48.4 Å². The van der Waals surface area contributed by atoms with E-state index in [0.29, 0.717) is 39.3 Å². The summed E-state index contributed by atoms with van der Waals surface area (Å²) in [4.78, 5) is 27.9. The number of unbranched alkanes of at least 4 members (excludes halogenated alkanes) is 2. The summed E-state index contributed by atoms with van der Waals surface area (Å²) in [7, 11) is 1.64. The Kier molecular flexibility index (Phi) is 8.48. The van der Waals surface area contributed by atoms with Gasteiger partial charge in [-0.2, -0.15) is 5.26 Å². The number of thiocarbonyl (C=S) groups is 1. The molecular formula is C25H28N4O2S2. The van der Waals surface area contributed by atoms with E-state index >= 15 is 0 Å². The molecule has 1 aromatic heterocycles. The minimum atomic E-state index is -0.360. The predicted molar refractivity (Wildman–Crippen MR) is 139 cm³/mol. The number of amides is 1. The van der Waals surface area contributed by atoms with E-state index in [-0.39, 0.29) is 17.0 Å². The van der Waals surface area contributed by atoms with Gasteiger partial charge in [0, 0.05) is 25.7 Å². The molecule has 0 spiro atoms. The zero-order chi connectivity index (χ0) is 24.0. The fourth-order valence-corrected chi connectivity index (χ4v) is 5.05. The average molecular weight is 481 g/mol. The molecule has 1 amide bonds. The Labute approximate surface area is 204 Å². The fourth-order valence-electron chi connectivity index (χ4n) is 3.76. The first-order chi connectivity index (χ1) is 15.9. The molecule has 2 aromatic rings. The van der Waals surface area contributed by atoms with Crippen molar-refractivity contribution in [1.29, 1.82) is 5.26 Å². The van der Waals surface area contributed by atoms with Gasteiger partial charge >= 0.3 is 0 Å². The quantitative estimate of drug-likeness (QED) is 0.321. The van der Waals surface area contributed by atoms with Gasteiger partial charge in [-0.1, -0.05) is 74.1 Å². The highest BCUT2D eigenvalue weighted by atomic mass is 32.2. The van der Waals surface area contributed by atoms with E-state index in [1.54, 1.807) is 24.9 Å². The lowest BCUT2D eigenvalue weighted by molar-refractivity contribution is -0.122. The maximum atomic E-state index is 13.0. The Balaban J connectivity index is 1.95. The van der Waals surface area contributed by atoms with Crippen LogP contribution in [0.25, 0.3) is 6.08 Å². The van der Waals surface area contributed by atoms with Gasteiger partial charge in [-0.25, -0.2) is 0 Å². The van der Waals surface area contributed by atoms with Crippen LogP contribution >= 0.6 is 24.0 Å². The van der Waals surface area contributed by atoms with Crippen molar-refractivity contribution in [1.82, 2.24) is 9.47 Å². The van der Waals surface area contributed by atoms with Gasteiger partial charge in [-0.15, -0.1) is 0 Å². The van der Waals surface area contributed by atoms with Crippen LogP contribution in [0.4, 0.5) is 5.82 Å². The Morgan fingerprint density at radius 2 is 1.94 bits per heavy atom. The average Bonchev–Trinajstić information content (AvgIpc) is 3.08. The number of nitrogens with zero attached hydrogens (tertiary/aromatic N) is 3. The number of nitriles is 1. The molecule has 8 heteroatoms. The second-order valence-electron chi connectivity index (χ2n) is 7.94. The molecule has 2 heterocycles. The third-order valence-corrected chi connectivity index (χ3v) is 7.06. The van der Waals surface area contributed by atoms with Crippen molar-refractivity contribution in [3.8, 4) is 6.07 Å². The van der Waals surface area contributed by atoms with Gasteiger partial charge in [0.05, 0.1) is 4.91 Å². The molecule has 0 radical (unpaired) electrons. The largest absolute Gasteiger partial charge is 0.371 e. The zero-order valence-electron chi connectivity index (χ0n) is 19.2. The molecule has 0 aliphatic carbocycles. The molecule has 0 atom stereocenters. The number of nitrogens with one attached hydrogen (secondary N) is 1. The molecule has 1 aliphatic rings. The highest BCUT2D eigenvalue weighted by Crippen LogP contribution is 2.35. The topological polar surface area (TPSA) is 78.1 Å². The number of hydrogen-bond donors (Lipinski definition) is 1. The molecule has 0 saturated carbocycles. The predicted octanol–water partition coefficient (Wildman–Crippen LogP) is 4.61. The van der Waals surface area contributed by atoms with Crippen LogP contribution < -0.4 is 10.9 Å². The molecule has 3 rings (SSSR count). The summed E-state index contributed by atoms with van der Waals surface area (Å²) in [5.41, 5.74) is 2.11. The number of benzene rings is 1. The third-order valence-electron chi connectivity index (χ3n) is 5.68. The lowest BCUT2D eigenvalue weighted by Gasteiger charge is -2.18. The van der Waals surface area contributed by atoms with Crippen molar-refractivity contribution in [3.63, 3.8) is 0 Å². The molecule has 172 valence electrons. The molecule has 0 unspecified atom stereocenters. The summed E-state index contributed by atoms with van der Waals surface area (Å²) in [5.74, 6) is 0.465. The Bertz CT molecular complexity index is 1180. The summed E-state index contributed by atoms with van der Waals surface area (Å²) in [6.45, 7) is 5.07. The van der Waals surface area contributed by atoms with E-state index in [4.69, 9.17) is 12.2 Å².